The van der Waals surface area contributed by atoms with Crippen LogP contribution in [0.4, 0.5) is 0 Å². The van der Waals surface area contributed by atoms with E-state index in [0.717, 1.165) is 19.3 Å². The molecule has 0 spiro atoms. The Labute approximate surface area is 212 Å². The minimum Gasteiger partial charge on any atom is -0.295 e. The highest BCUT2D eigenvalue weighted by Crippen LogP contribution is 2.70. The van der Waals surface area contributed by atoms with Crippen LogP contribution in [0.25, 0.3) is 0 Å². The standard InChI is InChI=1S/C32H45NO2/c1-8-11-32-13-9-21-26(22(32)18-28(2,3)14-15-32)23(34)16-25-30(21,6)12-10-24-29(4,5)27(35)20(19-33)17-31(24,25)7/h16-17,21-22,24,26H,8-15,18H2,1-7H3. The molecule has 0 N–H and O–H groups in total. The number of allylic oxidation sites excluding steroid dienone is 4. The van der Waals surface area contributed by atoms with Crippen LogP contribution in [-0.2, 0) is 9.59 Å². The van der Waals surface area contributed by atoms with E-state index in [2.05, 4.69) is 40.7 Å². The first-order valence-electron chi connectivity index (χ1n) is 14.2. The van der Waals surface area contributed by atoms with Crippen LogP contribution in [0.2, 0.25) is 0 Å². The van der Waals surface area contributed by atoms with E-state index < -0.39 is 10.8 Å². The number of hydrogen-bond donors (Lipinski definition) is 0. The van der Waals surface area contributed by atoms with Crippen LogP contribution in [0.5, 0.6) is 0 Å². The second kappa shape index (κ2) is 7.66. The molecule has 0 radical (unpaired) electrons. The number of nitriles is 1. The van der Waals surface area contributed by atoms with Gasteiger partial charge in [-0.15, -0.1) is 0 Å². The summed E-state index contributed by atoms with van der Waals surface area (Å²) in [5.41, 5.74) is 1.09. The van der Waals surface area contributed by atoms with Gasteiger partial charge in [0.1, 0.15) is 6.07 Å². The summed E-state index contributed by atoms with van der Waals surface area (Å²) < 4.78 is 0. The van der Waals surface area contributed by atoms with Crippen molar-refractivity contribution in [3.63, 3.8) is 0 Å². The molecule has 3 heteroatoms. The third-order valence-corrected chi connectivity index (χ3v) is 12.0. The Morgan fingerprint density at radius 3 is 2.34 bits per heavy atom. The SMILES string of the molecule is CCCC12CCC3C(C(=O)C=C4C5(C)C=C(C#N)C(=O)C(C)(C)C5CCC43C)C1CC(C)(C)CC2. The first-order chi connectivity index (χ1) is 16.3. The third-order valence-electron chi connectivity index (χ3n) is 12.0. The Balaban J connectivity index is 1.64. The molecule has 0 bridgehead atoms. The molecule has 5 aliphatic rings. The van der Waals surface area contributed by atoms with Crippen molar-refractivity contribution < 1.29 is 9.59 Å². The van der Waals surface area contributed by atoms with Gasteiger partial charge < -0.3 is 0 Å². The maximum Gasteiger partial charge on any atom is 0.178 e. The van der Waals surface area contributed by atoms with Crippen molar-refractivity contribution in [2.24, 2.45) is 50.7 Å². The molecule has 0 aromatic rings. The zero-order valence-corrected chi connectivity index (χ0v) is 23.1. The van der Waals surface area contributed by atoms with Crippen molar-refractivity contribution >= 4 is 11.6 Å². The molecule has 3 nitrogen and oxygen atoms in total. The Hall–Kier alpha value is -1.69. The fourth-order valence-electron chi connectivity index (χ4n) is 10.3. The van der Waals surface area contributed by atoms with Gasteiger partial charge in [0, 0.05) is 16.7 Å². The van der Waals surface area contributed by atoms with Gasteiger partial charge in [-0.25, -0.2) is 0 Å². The van der Waals surface area contributed by atoms with Gasteiger partial charge in [0.15, 0.2) is 11.6 Å². The van der Waals surface area contributed by atoms with Gasteiger partial charge in [-0.05, 0) is 91.4 Å². The molecule has 7 unspecified atom stereocenters. The van der Waals surface area contributed by atoms with E-state index in [0.29, 0.717) is 28.4 Å². The van der Waals surface area contributed by atoms with Crippen molar-refractivity contribution in [1.82, 2.24) is 0 Å². The fourth-order valence-corrected chi connectivity index (χ4v) is 10.3. The lowest BCUT2D eigenvalue weighted by Crippen LogP contribution is -2.60. The summed E-state index contributed by atoms with van der Waals surface area (Å²) in [6.07, 6.45) is 14.6. The predicted molar refractivity (Wildman–Crippen MR) is 139 cm³/mol. The van der Waals surface area contributed by atoms with Crippen LogP contribution in [0.15, 0.2) is 23.3 Å². The van der Waals surface area contributed by atoms with Gasteiger partial charge in [-0.2, -0.15) is 5.26 Å². The molecule has 0 amide bonds. The molecule has 0 saturated heterocycles. The Bertz CT molecular complexity index is 1070. The monoisotopic (exact) mass is 475 g/mol. The molecule has 5 aliphatic carbocycles. The van der Waals surface area contributed by atoms with Gasteiger partial charge in [0.2, 0.25) is 0 Å². The number of carbonyl (C=O) groups is 2. The molecule has 0 aromatic carbocycles. The zero-order valence-electron chi connectivity index (χ0n) is 23.1. The second-order valence-corrected chi connectivity index (χ2v) is 14.7. The number of rotatable bonds is 2. The lowest BCUT2D eigenvalue weighted by atomic mass is 9.38. The summed E-state index contributed by atoms with van der Waals surface area (Å²) >= 11 is 0. The first kappa shape index (κ1) is 25.0. The van der Waals surface area contributed by atoms with Crippen molar-refractivity contribution in [2.45, 2.75) is 106 Å². The molecule has 35 heavy (non-hydrogen) atoms. The highest BCUT2D eigenvalue weighted by molar-refractivity contribution is 6.04. The molecule has 0 aromatic heterocycles. The van der Waals surface area contributed by atoms with Crippen molar-refractivity contribution in [3.8, 4) is 6.07 Å². The summed E-state index contributed by atoms with van der Waals surface area (Å²) in [6, 6.07) is 2.21. The largest absolute Gasteiger partial charge is 0.295 e. The predicted octanol–water partition coefficient (Wildman–Crippen LogP) is 7.62. The van der Waals surface area contributed by atoms with Crippen LogP contribution in [0.1, 0.15) is 106 Å². The Morgan fingerprint density at radius 1 is 0.971 bits per heavy atom. The number of ketones is 2. The smallest absolute Gasteiger partial charge is 0.178 e. The van der Waals surface area contributed by atoms with Gasteiger partial charge in [-0.3, -0.25) is 9.59 Å². The summed E-state index contributed by atoms with van der Waals surface area (Å²) in [5, 5.41) is 9.83. The van der Waals surface area contributed by atoms with Crippen LogP contribution in [-0.4, -0.2) is 11.6 Å². The van der Waals surface area contributed by atoms with Crippen molar-refractivity contribution in [3.05, 3.63) is 23.3 Å². The molecule has 190 valence electrons. The van der Waals surface area contributed by atoms with E-state index in [1.165, 1.54) is 44.1 Å². The van der Waals surface area contributed by atoms with Crippen LogP contribution < -0.4 is 0 Å². The Morgan fingerprint density at radius 2 is 1.69 bits per heavy atom. The average molecular weight is 476 g/mol. The number of nitrogens with zero attached hydrogens (tertiary/aromatic N) is 1. The summed E-state index contributed by atoms with van der Waals surface area (Å²) in [6.45, 7) is 15.8. The summed E-state index contributed by atoms with van der Waals surface area (Å²) in [4.78, 5) is 27.3. The van der Waals surface area contributed by atoms with E-state index in [1.54, 1.807) is 0 Å². The van der Waals surface area contributed by atoms with Gasteiger partial charge in [0.25, 0.3) is 0 Å². The lowest BCUT2D eigenvalue weighted by molar-refractivity contribution is -0.149. The van der Waals surface area contributed by atoms with Gasteiger partial charge in [0.05, 0.1) is 5.57 Å². The van der Waals surface area contributed by atoms with Gasteiger partial charge >= 0.3 is 0 Å². The van der Waals surface area contributed by atoms with Crippen LogP contribution >= 0.6 is 0 Å². The molecular formula is C32H45NO2. The highest BCUT2D eigenvalue weighted by atomic mass is 16.1. The molecule has 3 fully saturated rings. The highest BCUT2D eigenvalue weighted by Gasteiger charge is 2.65. The van der Waals surface area contributed by atoms with E-state index in [1.807, 2.05) is 26.0 Å². The number of Topliss-reactive ketones (excluding diaryl/α,β-unsaturated/α-hetero) is 1. The van der Waals surface area contributed by atoms with Crippen molar-refractivity contribution in [1.29, 1.82) is 5.26 Å². The lowest BCUT2D eigenvalue weighted by Gasteiger charge is -2.65. The second-order valence-electron chi connectivity index (χ2n) is 14.7. The van der Waals surface area contributed by atoms with E-state index in [4.69, 9.17) is 0 Å². The quantitative estimate of drug-likeness (QED) is 0.413. The number of fused-ring (bicyclic) bond motifs is 7. The van der Waals surface area contributed by atoms with Crippen LogP contribution in [0, 0.1) is 62.1 Å². The minimum absolute atomic E-state index is 0.0295. The molecule has 3 saturated carbocycles. The van der Waals surface area contributed by atoms with Crippen LogP contribution in [0.3, 0.4) is 0 Å². The number of hydrogen-bond acceptors (Lipinski definition) is 3. The fraction of sp³-hybridized carbons (Fsp3) is 0.781. The molecule has 0 heterocycles. The third kappa shape index (κ3) is 3.27. The molecule has 5 rings (SSSR count). The maximum atomic E-state index is 14.2. The zero-order chi connectivity index (χ0) is 25.6. The molecule has 7 atom stereocenters. The minimum atomic E-state index is -0.590. The van der Waals surface area contributed by atoms with Gasteiger partial charge in [-0.1, -0.05) is 66.5 Å². The number of carbonyl (C=O) groups excluding carboxylic acids is 2. The van der Waals surface area contributed by atoms with Crippen molar-refractivity contribution in [2.75, 3.05) is 0 Å². The summed E-state index contributed by atoms with van der Waals surface area (Å²) in [7, 11) is 0. The van der Waals surface area contributed by atoms with E-state index in [-0.39, 0.29) is 28.6 Å². The molecule has 0 aliphatic heterocycles. The topological polar surface area (TPSA) is 57.9 Å². The average Bonchev–Trinajstić information content (AvgIpc) is 2.78. The maximum absolute atomic E-state index is 14.2. The molecular weight excluding hydrogens is 430 g/mol. The normalized spacial score (nSPS) is 45.7. The Kier molecular flexibility index (Phi) is 5.47. The summed E-state index contributed by atoms with van der Waals surface area (Å²) in [5.74, 6) is 1.41. The first-order valence-corrected chi connectivity index (χ1v) is 14.2. The van der Waals surface area contributed by atoms with E-state index >= 15 is 0 Å². The van der Waals surface area contributed by atoms with E-state index in [9.17, 15) is 14.9 Å².